The van der Waals surface area contributed by atoms with Crippen LogP contribution in [0.25, 0.3) is 20.8 Å². The lowest BCUT2D eigenvalue weighted by Crippen LogP contribution is -2.15. The van der Waals surface area contributed by atoms with Gasteiger partial charge in [-0.15, -0.1) is 22.7 Å². The molecule has 118 valence electrons. The van der Waals surface area contributed by atoms with Gasteiger partial charge < -0.3 is 5.32 Å². The number of hydrogen-bond donors (Lipinski definition) is 1. The van der Waals surface area contributed by atoms with E-state index in [1.165, 1.54) is 0 Å². The zero-order chi connectivity index (χ0) is 16.4. The molecule has 0 unspecified atom stereocenters. The van der Waals surface area contributed by atoms with Gasteiger partial charge in [0, 0.05) is 17.0 Å². The normalized spacial score (nSPS) is 10.8. The van der Waals surface area contributed by atoms with Crippen LogP contribution in [0.2, 0.25) is 0 Å². The van der Waals surface area contributed by atoms with Crippen LogP contribution in [0.15, 0.2) is 59.4 Å². The van der Waals surface area contributed by atoms with Gasteiger partial charge in [-0.1, -0.05) is 24.3 Å². The van der Waals surface area contributed by atoms with Gasteiger partial charge >= 0.3 is 0 Å². The number of fused-ring (bicyclic) bond motifs is 1. The third kappa shape index (κ3) is 3.06. The highest BCUT2D eigenvalue weighted by Gasteiger charge is 2.11. The molecule has 3 aromatic heterocycles. The third-order valence-corrected chi connectivity index (χ3v) is 5.46. The van der Waals surface area contributed by atoms with Crippen LogP contribution < -0.4 is 5.32 Å². The van der Waals surface area contributed by atoms with Crippen LogP contribution in [0.4, 0.5) is 5.69 Å². The Kier molecular flexibility index (Phi) is 4.06. The van der Waals surface area contributed by atoms with Gasteiger partial charge in [-0.2, -0.15) is 0 Å². The largest absolute Gasteiger partial charge is 0.324 e. The lowest BCUT2D eigenvalue weighted by atomic mass is 10.2. The molecular weight excluding hydrogens is 338 g/mol. The van der Waals surface area contributed by atoms with Gasteiger partial charge in [-0.3, -0.25) is 9.78 Å². The monoisotopic (exact) mass is 351 g/mol. The highest BCUT2D eigenvalue weighted by atomic mass is 32.1. The Morgan fingerprint density at radius 2 is 2.00 bits per heavy atom. The molecule has 0 saturated heterocycles. The maximum Gasteiger partial charge on any atom is 0.230 e. The van der Waals surface area contributed by atoms with Crippen molar-refractivity contribution in [2.45, 2.75) is 6.42 Å². The van der Waals surface area contributed by atoms with Crippen molar-refractivity contribution >= 4 is 45.2 Å². The number of amides is 1. The molecule has 1 amide bonds. The number of para-hydroxylation sites is 1. The molecule has 4 aromatic rings. The minimum atomic E-state index is -0.0869. The summed E-state index contributed by atoms with van der Waals surface area (Å²) in [4.78, 5) is 22.4. The highest BCUT2D eigenvalue weighted by molar-refractivity contribution is 7.20. The molecule has 0 aliphatic carbocycles. The van der Waals surface area contributed by atoms with Gasteiger partial charge in [0.15, 0.2) is 0 Å². The van der Waals surface area contributed by atoms with E-state index in [1.807, 2.05) is 53.2 Å². The van der Waals surface area contributed by atoms with Gasteiger partial charge in [0.1, 0.15) is 5.01 Å². The summed E-state index contributed by atoms with van der Waals surface area (Å²) in [5, 5.41) is 8.87. The number of hydrogen-bond acceptors (Lipinski definition) is 5. The number of thiazole rings is 1. The number of thiophene rings is 1. The summed E-state index contributed by atoms with van der Waals surface area (Å²) in [5.74, 6) is -0.0869. The number of pyridine rings is 1. The molecule has 0 bridgehead atoms. The molecule has 3 heterocycles. The lowest BCUT2D eigenvalue weighted by molar-refractivity contribution is -0.115. The summed E-state index contributed by atoms with van der Waals surface area (Å²) >= 11 is 3.22. The Balaban J connectivity index is 1.50. The number of nitrogens with zero attached hydrogens (tertiary/aromatic N) is 2. The van der Waals surface area contributed by atoms with Crippen molar-refractivity contribution < 1.29 is 4.79 Å². The summed E-state index contributed by atoms with van der Waals surface area (Å²) in [6.45, 7) is 0. The van der Waals surface area contributed by atoms with E-state index in [1.54, 1.807) is 28.9 Å². The van der Waals surface area contributed by atoms with E-state index in [0.29, 0.717) is 0 Å². The summed E-state index contributed by atoms with van der Waals surface area (Å²) < 4.78 is 0. The van der Waals surface area contributed by atoms with Crippen molar-refractivity contribution in [1.82, 2.24) is 9.97 Å². The first-order chi connectivity index (χ1) is 11.8. The summed E-state index contributed by atoms with van der Waals surface area (Å²) in [6, 6.07) is 13.7. The lowest BCUT2D eigenvalue weighted by Gasteiger charge is -2.07. The highest BCUT2D eigenvalue weighted by Crippen LogP contribution is 2.28. The van der Waals surface area contributed by atoms with Crippen molar-refractivity contribution in [3.05, 3.63) is 65.1 Å². The van der Waals surface area contributed by atoms with Crippen molar-refractivity contribution in [3.63, 3.8) is 0 Å². The maximum absolute atomic E-state index is 12.3. The van der Waals surface area contributed by atoms with E-state index < -0.39 is 0 Å². The Bertz CT molecular complexity index is 987. The minimum absolute atomic E-state index is 0.0869. The Hall–Kier alpha value is -2.57. The molecule has 0 atom stereocenters. The van der Waals surface area contributed by atoms with Crippen LogP contribution in [0, 0.1) is 0 Å². The van der Waals surface area contributed by atoms with Crippen molar-refractivity contribution in [1.29, 1.82) is 0 Å². The number of anilines is 1. The Morgan fingerprint density at radius 1 is 1.08 bits per heavy atom. The van der Waals surface area contributed by atoms with Crippen LogP contribution in [-0.2, 0) is 11.2 Å². The quantitative estimate of drug-likeness (QED) is 0.584. The topological polar surface area (TPSA) is 54.9 Å². The van der Waals surface area contributed by atoms with Gasteiger partial charge in [-0.05, 0) is 23.6 Å². The van der Waals surface area contributed by atoms with E-state index in [9.17, 15) is 4.79 Å². The molecule has 24 heavy (non-hydrogen) atoms. The van der Waals surface area contributed by atoms with Gasteiger partial charge in [0.05, 0.1) is 28.2 Å². The number of aromatic nitrogens is 2. The Morgan fingerprint density at radius 3 is 2.88 bits per heavy atom. The number of carbonyl (C=O) groups excluding carboxylic acids is 1. The summed E-state index contributed by atoms with van der Waals surface area (Å²) in [7, 11) is 0. The fourth-order valence-corrected chi connectivity index (χ4v) is 4.10. The molecule has 0 radical (unpaired) electrons. The molecule has 0 spiro atoms. The maximum atomic E-state index is 12.3. The van der Waals surface area contributed by atoms with Crippen LogP contribution in [0.5, 0.6) is 0 Å². The number of carbonyl (C=O) groups is 1. The molecule has 0 fully saturated rings. The van der Waals surface area contributed by atoms with Gasteiger partial charge in [0.2, 0.25) is 5.91 Å². The van der Waals surface area contributed by atoms with E-state index in [-0.39, 0.29) is 12.3 Å². The van der Waals surface area contributed by atoms with Crippen molar-refractivity contribution in [2.75, 3.05) is 5.32 Å². The molecular formula is C18H13N3OS2. The van der Waals surface area contributed by atoms with Crippen LogP contribution in [0.3, 0.4) is 0 Å². The van der Waals surface area contributed by atoms with E-state index >= 15 is 0 Å². The smallest absolute Gasteiger partial charge is 0.230 e. The van der Waals surface area contributed by atoms with E-state index in [0.717, 1.165) is 32.2 Å². The van der Waals surface area contributed by atoms with E-state index in [2.05, 4.69) is 15.3 Å². The fourth-order valence-electron chi connectivity index (χ4n) is 2.47. The SMILES string of the molecule is O=C(Cc1csc(-c2cccs2)n1)Nc1cccc2cccnc12. The second-order valence-electron chi connectivity index (χ2n) is 5.23. The average molecular weight is 351 g/mol. The number of benzene rings is 1. The molecule has 1 aromatic carbocycles. The fraction of sp³-hybridized carbons (Fsp3) is 0.0556. The van der Waals surface area contributed by atoms with Gasteiger partial charge in [-0.25, -0.2) is 4.98 Å². The molecule has 0 aliphatic rings. The first kappa shape index (κ1) is 15.0. The second-order valence-corrected chi connectivity index (χ2v) is 7.03. The standard InChI is InChI=1S/C18H13N3OS2/c22-16(10-13-11-24-18(20-13)15-7-3-9-23-15)21-14-6-1-4-12-5-2-8-19-17(12)14/h1-9,11H,10H2,(H,21,22). The van der Waals surface area contributed by atoms with Crippen LogP contribution >= 0.6 is 22.7 Å². The molecule has 1 N–H and O–H groups in total. The molecule has 4 rings (SSSR count). The van der Waals surface area contributed by atoms with Gasteiger partial charge in [0.25, 0.3) is 0 Å². The number of rotatable bonds is 4. The molecule has 0 saturated carbocycles. The van der Waals surface area contributed by atoms with Crippen LogP contribution in [-0.4, -0.2) is 15.9 Å². The first-order valence-corrected chi connectivity index (χ1v) is 9.17. The van der Waals surface area contributed by atoms with Crippen molar-refractivity contribution in [3.8, 4) is 9.88 Å². The summed E-state index contributed by atoms with van der Waals surface area (Å²) in [5.41, 5.74) is 2.31. The average Bonchev–Trinajstić information content (AvgIpc) is 3.26. The second kappa shape index (κ2) is 6.51. The minimum Gasteiger partial charge on any atom is -0.324 e. The summed E-state index contributed by atoms with van der Waals surface area (Å²) in [6.07, 6.45) is 1.98. The first-order valence-electron chi connectivity index (χ1n) is 7.41. The molecule has 6 heteroatoms. The number of nitrogens with one attached hydrogen (secondary N) is 1. The van der Waals surface area contributed by atoms with Crippen molar-refractivity contribution in [2.24, 2.45) is 0 Å². The molecule has 0 aliphatic heterocycles. The third-order valence-electron chi connectivity index (χ3n) is 3.53. The molecule has 4 nitrogen and oxygen atoms in total. The predicted octanol–water partition coefficient (Wildman–Crippen LogP) is 4.60. The zero-order valence-electron chi connectivity index (χ0n) is 12.6. The predicted molar refractivity (Wildman–Crippen MR) is 99.5 cm³/mol. The zero-order valence-corrected chi connectivity index (χ0v) is 14.2. The van der Waals surface area contributed by atoms with Crippen LogP contribution in [0.1, 0.15) is 5.69 Å². The Labute approximate surface area is 146 Å². The van der Waals surface area contributed by atoms with E-state index in [4.69, 9.17) is 0 Å².